The molecule has 4 heteroatoms. The lowest BCUT2D eigenvalue weighted by molar-refractivity contribution is -0.133. The van der Waals surface area contributed by atoms with Gasteiger partial charge >= 0.3 is 0 Å². The number of nitriles is 1. The quantitative estimate of drug-likeness (QED) is 0.829. The van der Waals surface area contributed by atoms with Crippen molar-refractivity contribution in [1.29, 1.82) is 5.26 Å². The second-order valence-corrected chi connectivity index (χ2v) is 4.96. The number of carbonyl (C=O) groups is 1. The van der Waals surface area contributed by atoms with E-state index in [0.29, 0.717) is 25.1 Å². The molecule has 0 bridgehead atoms. The third-order valence-electron chi connectivity index (χ3n) is 3.18. The highest BCUT2D eigenvalue weighted by Crippen LogP contribution is 2.10. The highest BCUT2D eigenvalue weighted by Gasteiger charge is 2.19. The fourth-order valence-corrected chi connectivity index (χ4v) is 2.11. The molecule has 108 valence electrons. The Hall–Kier alpha value is -1.86. The molecule has 0 unspecified atom stereocenters. The first kappa shape index (κ1) is 16.2. The van der Waals surface area contributed by atoms with Crippen LogP contribution in [0.2, 0.25) is 0 Å². The van der Waals surface area contributed by atoms with Crippen molar-refractivity contribution in [3.05, 3.63) is 35.4 Å². The Morgan fingerprint density at radius 1 is 1.30 bits per heavy atom. The number of hydrogen-bond donors (Lipinski definition) is 1. The monoisotopic (exact) mass is 273 g/mol. The molecule has 1 rings (SSSR count). The Labute approximate surface area is 121 Å². The van der Waals surface area contributed by atoms with Crippen LogP contribution in [-0.4, -0.2) is 23.4 Å². The van der Waals surface area contributed by atoms with E-state index in [-0.39, 0.29) is 5.91 Å². The van der Waals surface area contributed by atoms with Crippen LogP contribution in [0.1, 0.15) is 44.2 Å². The van der Waals surface area contributed by atoms with Crippen molar-refractivity contribution >= 4 is 5.91 Å². The smallest absolute Gasteiger partial charge is 0.239 e. The van der Waals surface area contributed by atoms with E-state index in [1.807, 2.05) is 30.9 Å². The van der Waals surface area contributed by atoms with Gasteiger partial charge in [0.25, 0.3) is 0 Å². The Bertz CT molecular complexity index is 462. The van der Waals surface area contributed by atoms with E-state index in [2.05, 4.69) is 6.07 Å². The molecule has 20 heavy (non-hydrogen) atoms. The largest absolute Gasteiger partial charge is 0.337 e. The summed E-state index contributed by atoms with van der Waals surface area (Å²) in [6.45, 7) is 5.33. The fourth-order valence-electron chi connectivity index (χ4n) is 2.11. The molecular weight excluding hydrogens is 250 g/mol. The van der Waals surface area contributed by atoms with Crippen LogP contribution in [-0.2, 0) is 11.3 Å². The molecule has 1 amide bonds. The van der Waals surface area contributed by atoms with Crippen LogP contribution >= 0.6 is 0 Å². The molecule has 0 aliphatic rings. The first-order chi connectivity index (χ1) is 9.62. The van der Waals surface area contributed by atoms with Crippen molar-refractivity contribution in [3.63, 3.8) is 0 Å². The summed E-state index contributed by atoms with van der Waals surface area (Å²) in [4.78, 5) is 14.1. The molecule has 0 aliphatic heterocycles. The second-order valence-electron chi connectivity index (χ2n) is 4.96. The van der Waals surface area contributed by atoms with Crippen LogP contribution in [0.15, 0.2) is 24.3 Å². The summed E-state index contributed by atoms with van der Waals surface area (Å²) < 4.78 is 0. The zero-order chi connectivity index (χ0) is 15.0. The van der Waals surface area contributed by atoms with E-state index in [4.69, 9.17) is 11.0 Å². The molecule has 0 spiro atoms. The molecule has 0 saturated heterocycles. The Morgan fingerprint density at radius 3 is 2.45 bits per heavy atom. The molecule has 0 aromatic heterocycles. The lowest BCUT2D eigenvalue weighted by Crippen LogP contribution is -2.43. The van der Waals surface area contributed by atoms with Crippen LogP contribution in [0.4, 0.5) is 0 Å². The van der Waals surface area contributed by atoms with E-state index < -0.39 is 6.04 Å². The average Bonchev–Trinajstić information content (AvgIpc) is 2.47. The molecule has 4 nitrogen and oxygen atoms in total. The Morgan fingerprint density at radius 2 is 1.95 bits per heavy atom. The van der Waals surface area contributed by atoms with Crippen molar-refractivity contribution in [2.24, 2.45) is 5.73 Å². The van der Waals surface area contributed by atoms with Gasteiger partial charge in [-0.05, 0) is 30.5 Å². The maximum Gasteiger partial charge on any atom is 0.239 e. The minimum absolute atomic E-state index is 0.0121. The van der Waals surface area contributed by atoms with Crippen molar-refractivity contribution in [1.82, 2.24) is 4.90 Å². The minimum atomic E-state index is -0.412. The molecule has 2 N–H and O–H groups in total. The van der Waals surface area contributed by atoms with Crippen LogP contribution in [0.25, 0.3) is 0 Å². The van der Waals surface area contributed by atoms with Crippen LogP contribution in [0, 0.1) is 11.3 Å². The molecule has 1 aromatic rings. The summed E-state index contributed by atoms with van der Waals surface area (Å²) in [5, 5.41) is 8.78. The van der Waals surface area contributed by atoms with Gasteiger partial charge < -0.3 is 10.6 Å². The van der Waals surface area contributed by atoms with Crippen LogP contribution in [0.5, 0.6) is 0 Å². The zero-order valence-electron chi connectivity index (χ0n) is 12.3. The zero-order valence-corrected chi connectivity index (χ0v) is 12.3. The summed E-state index contributed by atoms with van der Waals surface area (Å²) in [6, 6.07) is 9.00. The van der Waals surface area contributed by atoms with Gasteiger partial charge in [-0.1, -0.05) is 32.4 Å². The van der Waals surface area contributed by atoms with Gasteiger partial charge in [0.15, 0.2) is 0 Å². The summed E-state index contributed by atoms with van der Waals surface area (Å²) in [6.07, 6.45) is 2.52. The number of amides is 1. The molecule has 1 atom stereocenters. The standard InChI is InChI=1S/C16H23N3O/c1-3-5-15(18)16(20)19(10-4-2)12-14-8-6-13(11-17)7-9-14/h6-9,15H,3-5,10,12,18H2,1-2H3/t15-/m1/s1. The highest BCUT2D eigenvalue weighted by molar-refractivity contribution is 5.81. The summed E-state index contributed by atoms with van der Waals surface area (Å²) >= 11 is 0. The molecule has 0 aliphatic carbocycles. The Kier molecular flexibility index (Phi) is 6.75. The van der Waals surface area contributed by atoms with E-state index in [1.54, 1.807) is 12.1 Å². The number of benzene rings is 1. The number of hydrogen-bond acceptors (Lipinski definition) is 3. The van der Waals surface area contributed by atoms with Gasteiger partial charge in [-0.25, -0.2) is 0 Å². The average molecular weight is 273 g/mol. The number of nitrogens with zero attached hydrogens (tertiary/aromatic N) is 2. The number of nitrogens with two attached hydrogens (primary N) is 1. The van der Waals surface area contributed by atoms with Gasteiger partial charge in [0, 0.05) is 13.1 Å². The molecule has 1 aromatic carbocycles. The third kappa shape index (κ3) is 4.67. The molecular formula is C16H23N3O. The van der Waals surface area contributed by atoms with Gasteiger partial charge in [0.05, 0.1) is 17.7 Å². The topological polar surface area (TPSA) is 70.1 Å². The van der Waals surface area contributed by atoms with Crippen LogP contribution < -0.4 is 5.73 Å². The summed E-state index contributed by atoms with van der Waals surface area (Å²) in [5.74, 6) is 0.0121. The SMILES string of the molecule is CCC[C@@H](N)C(=O)N(CCC)Cc1ccc(C#N)cc1. The fraction of sp³-hybridized carbons (Fsp3) is 0.500. The van der Waals surface area contributed by atoms with Crippen molar-refractivity contribution in [2.75, 3.05) is 6.54 Å². The van der Waals surface area contributed by atoms with Crippen molar-refractivity contribution in [3.8, 4) is 6.07 Å². The van der Waals surface area contributed by atoms with Crippen molar-refractivity contribution < 1.29 is 4.79 Å². The minimum Gasteiger partial charge on any atom is -0.337 e. The second kappa shape index (κ2) is 8.34. The van der Waals surface area contributed by atoms with Gasteiger partial charge in [-0.2, -0.15) is 5.26 Å². The summed E-state index contributed by atoms with van der Waals surface area (Å²) in [7, 11) is 0. The highest BCUT2D eigenvalue weighted by atomic mass is 16.2. The Balaban J connectivity index is 2.75. The van der Waals surface area contributed by atoms with E-state index in [9.17, 15) is 4.79 Å². The first-order valence-electron chi connectivity index (χ1n) is 7.15. The van der Waals surface area contributed by atoms with E-state index >= 15 is 0 Å². The van der Waals surface area contributed by atoms with Gasteiger partial charge in [-0.3, -0.25) is 4.79 Å². The lowest BCUT2D eigenvalue weighted by Gasteiger charge is -2.25. The maximum atomic E-state index is 12.3. The van der Waals surface area contributed by atoms with Crippen molar-refractivity contribution in [2.45, 2.75) is 45.7 Å². The van der Waals surface area contributed by atoms with E-state index in [0.717, 1.165) is 18.4 Å². The maximum absolute atomic E-state index is 12.3. The van der Waals surface area contributed by atoms with E-state index in [1.165, 1.54) is 0 Å². The number of carbonyl (C=O) groups excluding carboxylic acids is 1. The first-order valence-corrected chi connectivity index (χ1v) is 7.15. The molecule has 0 radical (unpaired) electrons. The predicted octanol–water partition coefficient (Wildman–Crippen LogP) is 2.42. The number of rotatable bonds is 7. The summed E-state index contributed by atoms with van der Waals surface area (Å²) in [5.41, 5.74) is 7.58. The molecule has 0 saturated carbocycles. The molecule has 0 heterocycles. The molecule has 0 fully saturated rings. The van der Waals surface area contributed by atoms with Gasteiger partial charge in [0.2, 0.25) is 5.91 Å². The predicted molar refractivity (Wildman–Crippen MR) is 79.7 cm³/mol. The lowest BCUT2D eigenvalue weighted by atomic mass is 10.1. The van der Waals surface area contributed by atoms with Gasteiger partial charge in [0.1, 0.15) is 0 Å². The third-order valence-corrected chi connectivity index (χ3v) is 3.18. The van der Waals surface area contributed by atoms with Gasteiger partial charge in [-0.15, -0.1) is 0 Å². The normalized spacial score (nSPS) is 11.7. The van der Waals surface area contributed by atoms with Crippen LogP contribution in [0.3, 0.4) is 0 Å².